The molecule has 1 aromatic carbocycles. The summed E-state index contributed by atoms with van der Waals surface area (Å²) in [5, 5.41) is 0.711. The fourth-order valence-electron chi connectivity index (χ4n) is 1.92. The molecule has 2 rings (SSSR count). The van der Waals surface area contributed by atoms with E-state index in [1.54, 1.807) is 0 Å². The monoisotopic (exact) mass is 247 g/mol. The van der Waals surface area contributed by atoms with Crippen LogP contribution in [0.3, 0.4) is 0 Å². The Hall–Kier alpha value is -1.68. The molecule has 1 heterocycles. The molecule has 0 aliphatic heterocycles. The molecule has 0 radical (unpaired) electrons. The third-order valence-electron chi connectivity index (χ3n) is 2.94. The first-order valence-electron chi connectivity index (χ1n) is 5.91. The molecule has 0 bridgehead atoms. The smallest absolute Gasteiger partial charge is 0.149 e. The SMILES string of the molecule is Cc1cc(F)c2nc(C(C)(C)C)cc(NN)c2c1. The van der Waals surface area contributed by atoms with Crippen LogP contribution in [-0.2, 0) is 5.41 Å². The lowest BCUT2D eigenvalue weighted by molar-refractivity contribution is 0.569. The van der Waals surface area contributed by atoms with Crippen LogP contribution in [0.15, 0.2) is 18.2 Å². The average molecular weight is 247 g/mol. The van der Waals surface area contributed by atoms with E-state index in [1.165, 1.54) is 6.07 Å². The van der Waals surface area contributed by atoms with Crippen LogP contribution in [0.2, 0.25) is 0 Å². The molecule has 0 spiro atoms. The molecule has 0 fully saturated rings. The van der Waals surface area contributed by atoms with Crippen molar-refractivity contribution in [3.63, 3.8) is 0 Å². The molecule has 3 nitrogen and oxygen atoms in total. The first kappa shape index (κ1) is 12.8. The largest absolute Gasteiger partial charge is 0.323 e. The van der Waals surface area contributed by atoms with Crippen molar-refractivity contribution in [2.45, 2.75) is 33.1 Å². The van der Waals surface area contributed by atoms with Gasteiger partial charge in [0.1, 0.15) is 11.3 Å². The standard InChI is InChI=1S/C14H18FN3/c1-8-5-9-11(18-16)7-12(14(2,3)4)17-13(9)10(15)6-8/h5-7H,16H2,1-4H3,(H,17,18). The topological polar surface area (TPSA) is 50.9 Å². The summed E-state index contributed by atoms with van der Waals surface area (Å²) in [5.41, 5.74) is 5.20. The fraction of sp³-hybridized carbons (Fsp3) is 0.357. The summed E-state index contributed by atoms with van der Waals surface area (Å²) in [5.74, 6) is 5.22. The Bertz CT molecular complexity index is 600. The van der Waals surface area contributed by atoms with E-state index in [-0.39, 0.29) is 11.2 Å². The quantitative estimate of drug-likeness (QED) is 0.600. The lowest BCUT2D eigenvalue weighted by Gasteiger charge is -2.20. The normalized spacial score (nSPS) is 11.9. The van der Waals surface area contributed by atoms with Crippen molar-refractivity contribution in [2.75, 3.05) is 5.43 Å². The Balaban J connectivity index is 2.84. The Morgan fingerprint density at radius 3 is 2.44 bits per heavy atom. The second-order valence-electron chi connectivity index (χ2n) is 5.59. The number of aromatic nitrogens is 1. The zero-order chi connectivity index (χ0) is 13.5. The number of pyridine rings is 1. The van der Waals surface area contributed by atoms with Gasteiger partial charge < -0.3 is 5.43 Å². The molecule has 96 valence electrons. The molecular formula is C14H18FN3. The molecule has 0 unspecified atom stereocenters. The molecule has 2 aromatic rings. The Kier molecular flexibility index (Phi) is 2.99. The van der Waals surface area contributed by atoms with Crippen LogP contribution in [0.25, 0.3) is 10.9 Å². The van der Waals surface area contributed by atoms with Gasteiger partial charge in [0.15, 0.2) is 0 Å². The van der Waals surface area contributed by atoms with Crippen LogP contribution in [-0.4, -0.2) is 4.98 Å². The summed E-state index contributed by atoms with van der Waals surface area (Å²) in [7, 11) is 0. The molecule has 4 heteroatoms. The second-order valence-corrected chi connectivity index (χ2v) is 5.59. The van der Waals surface area contributed by atoms with Crippen molar-refractivity contribution in [3.05, 3.63) is 35.3 Å². The molecule has 0 atom stereocenters. The summed E-state index contributed by atoms with van der Waals surface area (Å²) < 4.78 is 14.0. The summed E-state index contributed by atoms with van der Waals surface area (Å²) in [6.45, 7) is 7.95. The number of hydrogen-bond acceptors (Lipinski definition) is 3. The number of benzene rings is 1. The van der Waals surface area contributed by atoms with Crippen LogP contribution in [0.1, 0.15) is 32.0 Å². The summed E-state index contributed by atoms with van der Waals surface area (Å²) in [6, 6.07) is 5.25. The number of aryl methyl sites for hydroxylation is 1. The van der Waals surface area contributed by atoms with Gasteiger partial charge in [-0.1, -0.05) is 20.8 Å². The van der Waals surface area contributed by atoms with E-state index in [0.717, 1.165) is 11.3 Å². The van der Waals surface area contributed by atoms with E-state index in [9.17, 15) is 4.39 Å². The van der Waals surface area contributed by atoms with Gasteiger partial charge >= 0.3 is 0 Å². The van der Waals surface area contributed by atoms with Crippen LogP contribution in [0.4, 0.5) is 10.1 Å². The summed E-state index contributed by atoms with van der Waals surface area (Å²) in [6.07, 6.45) is 0. The molecule has 0 saturated carbocycles. The third kappa shape index (κ3) is 2.16. The van der Waals surface area contributed by atoms with Crippen LogP contribution in [0.5, 0.6) is 0 Å². The van der Waals surface area contributed by atoms with Gasteiger partial charge in [0.25, 0.3) is 0 Å². The zero-order valence-electron chi connectivity index (χ0n) is 11.1. The van der Waals surface area contributed by atoms with E-state index in [4.69, 9.17) is 5.84 Å². The number of nitrogen functional groups attached to an aromatic ring is 1. The minimum Gasteiger partial charge on any atom is -0.323 e. The number of nitrogens with one attached hydrogen (secondary N) is 1. The number of nitrogens with zero attached hydrogens (tertiary/aromatic N) is 1. The van der Waals surface area contributed by atoms with Crippen molar-refractivity contribution in [1.82, 2.24) is 4.98 Å². The van der Waals surface area contributed by atoms with Gasteiger partial charge in [0, 0.05) is 16.5 Å². The second kappa shape index (κ2) is 4.21. The van der Waals surface area contributed by atoms with E-state index >= 15 is 0 Å². The number of halogens is 1. The van der Waals surface area contributed by atoms with Crippen molar-refractivity contribution in [3.8, 4) is 0 Å². The number of nitrogens with two attached hydrogens (primary N) is 1. The molecule has 18 heavy (non-hydrogen) atoms. The first-order valence-corrected chi connectivity index (χ1v) is 5.91. The fourth-order valence-corrected chi connectivity index (χ4v) is 1.92. The average Bonchev–Trinajstić information content (AvgIpc) is 2.26. The molecular weight excluding hydrogens is 229 g/mol. The third-order valence-corrected chi connectivity index (χ3v) is 2.94. The van der Waals surface area contributed by atoms with Crippen LogP contribution >= 0.6 is 0 Å². The molecule has 0 aliphatic rings. The molecule has 1 aromatic heterocycles. The maximum Gasteiger partial charge on any atom is 0.149 e. The van der Waals surface area contributed by atoms with Gasteiger partial charge in [-0.05, 0) is 30.7 Å². The molecule has 0 amide bonds. The van der Waals surface area contributed by atoms with E-state index in [2.05, 4.69) is 10.4 Å². The molecule has 0 saturated heterocycles. The van der Waals surface area contributed by atoms with Gasteiger partial charge in [0.2, 0.25) is 0 Å². The highest BCUT2D eigenvalue weighted by Gasteiger charge is 2.19. The van der Waals surface area contributed by atoms with Crippen LogP contribution in [0, 0.1) is 12.7 Å². The lowest BCUT2D eigenvalue weighted by Crippen LogP contribution is -2.16. The first-order chi connectivity index (χ1) is 8.32. The number of anilines is 1. The minimum atomic E-state index is -0.312. The summed E-state index contributed by atoms with van der Waals surface area (Å²) in [4.78, 5) is 4.43. The van der Waals surface area contributed by atoms with E-state index in [0.29, 0.717) is 16.6 Å². The highest BCUT2D eigenvalue weighted by atomic mass is 19.1. The number of hydrazine groups is 1. The van der Waals surface area contributed by atoms with E-state index < -0.39 is 0 Å². The Morgan fingerprint density at radius 1 is 1.22 bits per heavy atom. The number of fused-ring (bicyclic) bond motifs is 1. The maximum atomic E-state index is 14.0. The summed E-state index contributed by atoms with van der Waals surface area (Å²) >= 11 is 0. The highest BCUT2D eigenvalue weighted by Crippen LogP contribution is 2.30. The van der Waals surface area contributed by atoms with Gasteiger partial charge in [-0.2, -0.15) is 0 Å². The predicted molar refractivity (Wildman–Crippen MR) is 72.9 cm³/mol. The Labute approximate surface area is 106 Å². The molecule has 3 N–H and O–H groups in total. The van der Waals surface area contributed by atoms with Gasteiger partial charge in [-0.15, -0.1) is 0 Å². The highest BCUT2D eigenvalue weighted by molar-refractivity contribution is 5.92. The van der Waals surface area contributed by atoms with Gasteiger partial charge in [-0.3, -0.25) is 5.84 Å². The lowest BCUT2D eigenvalue weighted by atomic mass is 9.90. The Morgan fingerprint density at radius 2 is 1.89 bits per heavy atom. The van der Waals surface area contributed by atoms with Gasteiger partial charge in [-0.25, -0.2) is 9.37 Å². The maximum absolute atomic E-state index is 14.0. The van der Waals surface area contributed by atoms with Crippen molar-refractivity contribution < 1.29 is 4.39 Å². The number of rotatable bonds is 1. The van der Waals surface area contributed by atoms with E-state index in [1.807, 2.05) is 39.8 Å². The van der Waals surface area contributed by atoms with Crippen molar-refractivity contribution >= 4 is 16.6 Å². The predicted octanol–water partition coefficient (Wildman–Crippen LogP) is 3.27. The van der Waals surface area contributed by atoms with Crippen molar-refractivity contribution in [2.24, 2.45) is 5.84 Å². The molecule has 0 aliphatic carbocycles. The number of hydrogen-bond donors (Lipinski definition) is 2. The minimum absolute atomic E-state index is 0.156. The van der Waals surface area contributed by atoms with Crippen molar-refractivity contribution in [1.29, 1.82) is 0 Å². The zero-order valence-corrected chi connectivity index (χ0v) is 11.1. The van der Waals surface area contributed by atoms with Crippen LogP contribution < -0.4 is 11.3 Å². The van der Waals surface area contributed by atoms with Gasteiger partial charge in [0.05, 0.1) is 5.69 Å².